The van der Waals surface area contributed by atoms with Gasteiger partial charge < -0.3 is 28.7 Å². The van der Waals surface area contributed by atoms with Gasteiger partial charge in [0.1, 0.15) is 5.52 Å². The Balaban J connectivity index is 0.00000289. The molecule has 7 nitrogen and oxygen atoms in total. The number of hydrogen-bond donors (Lipinski definition) is 3. The molecule has 1 radical (unpaired) electrons. The molecule has 2 atom stereocenters. The normalized spacial score (nSPS) is 26.2. The maximum atomic E-state index is 10.9. The van der Waals surface area contributed by atoms with E-state index >= 15 is 0 Å². The van der Waals surface area contributed by atoms with Crippen molar-refractivity contribution in [3.05, 3.63) is 0 Å². The Labute approximate surface area is 117 Å². The smallest absolute Gasteiger partial charge is 0.777 e. The van der Waals surface area contributed by atoms with Crippen LogP contribution >= 0.6 is 15.2 Å². The predicted molar refractivity (Wildman–Crippen MR) is 58.1 cm³/mol. The maximum Gasteiger partial charge on any atom is 2.00 e. The van der Waals surface area contributed by atoms with Gasteiger partial charge >= 0.3 is 17.1 Å². The molecule has 1 aliphatic rings. The molecule has 0 aromatic rings. The zero-order valence-electron chi connectivity index (χ0n) is 9.70. The van der Waals surface area contributed by atoms with Crippen LogP contribution in [0.1, 0.15) is 38.5 Å². The summed E-state index contributed by atoms with van der Waals surface area (Å²) >= 11 is 0. The molecule has 0 heterocycles. The van der Waals surface area contributed by atoms with Crippen molar-refractivity contribution in [2.24, 2.45) is 0 Å². The summed E-state index contributed by atoms with van der Waals surface area (Å²) in [5, 5.41) is 2.32. The molecule has 0 bridgehead atoms. The van der Waals surface area contributed by atoms with E-state index in [0.717, 1.165) is 25.7 Å². The first-order valence-corrected chi connectivity index (χ1v) is 8.83. The predicted octanol–water partition coefficient (Wildman–Crippen LogP) is -0.329. The summed E-state index contributed by atoms with van der Waals surface area (Å²) in [6.07, 6.45) is 5.05. The first-order valence-electron chi connectivity index (χ1n) is 5.54. The summed E-state index contributed by atoms with van der Waals surface area (Å²) in [5.74, 6) is 0. The Kier molecular flexibility index (Phi) is 7.86. The van der Waals surface area contributed by atoms with Crippen molar-refractivity contribution in [2.45, 2.75) is 50.1 Å². The van der Waals surface area contributed by atoms with Gasteiger partial charge in [-0.1, -0.05) is 25.7 Å². The Hall–Kier alpha value is 0.779. The van der Waals surface area contributed by atoms with Crippen LogP contribution in [0.15, 0.2) is 0 Å². The summed E-state index contributed by atoms with van der Waals surface area (Å²) in [4.78, 5) is 39.5. The van der Waals surface area contributed by atoms with E-state index in [0.29, 0.717) is 12.8 Å². The zero-order chi connectivity index (χ0) is 13.1. The number of rotatable bonds is 4. The molecular weight excluding hydrogens is 323 g/mol. The molecule has 3 N–H and O–H groups in total. The van der Waals surface area contributed by atoms with Crippen LogP contribution in [0.25, 0.3) is 0 Å². The minimum atomic E-state index is -5.16. The first-order chi connectivity index (χ1) is 7.71. The van der Waals surface area contributed by atoms with Gasteiger partial charge in [-0.25, -0.2) is 0 Å². The van der Waals surface area contributed by atoms with Gasteiger partial charge in [0.2, 0.25) is 0 Å². The minimum absolute atomic E-state index is 0. The fourth-order valence-electron chi connectivity index (χ4n) is 2.03. The van der Waals surface area contributed by atoms with Crippen LogP contribution in [0.5, 0.6) is 0 Å². The molecular formula is C8H17MnNO6P2. The molecule has 107 valence electrons. The van der Waals surface area contributed by atoms with Crippen LogP contribution in [0.2, 0.25) is 0 Å². The molecule has 0 aromatic heterocycles. The quantitative estimate of drug-likeness (QED) is 0.363. The third kappa shape index (κ3) is 6.29. The van der Waals surface area contributed by atoms with E-state index in [1.165, 1.54) is 0 Å². The summed E-state index contributed by atoms with van der Waals surface area (Å²) in [6, 6.07) is -0.314. The summed E-state index contributed by atoms with van der Waals surface area (Å²) in [7, 11) is -10.3. The second-order valence-electron chi connectivity index (χ2n) is 4.36. The third-order valence-corrected chi connectivity index (χ3v) is 6.14. The monoisotopic (exact) mass is 340 g/mol. The van der Waals surface area contributed by atoms with Crippen molar-refractivity contribution in [1.82, 2.24) is 5.32 Å². The van der Waals surface area contributed by atoms with Crippen LogP contribution in [-0.4, -0.2) is 21.4 Å². The van der Waals surface area contributed by atoms with Crippen molar-refractivity contribution in [3.8, 4) is 0 Å². The van der Waals surface area contributed by atoms with Gasteiger partial charge in [-0.3, -0.25) is 5.32 Å². The minimum Gasteiger partial charge on any atom is -0.777 e. The van der Waals surface area contributed by atoms with E-state index in [1.807, 2.05) is 0 Å². The average molecular weight is 340 g/mol. The van der Waals surface area contributed by atoms with E-state index < -0.39 is 20.7 Å². The summed E-state index contributed by atoms with van der Waals surface area (Å²) in [5.41, 5.74) is -2.29. The molecule has 2 unspecified atom stereocenters. The van der Waals surface area contributed by atoms with E-state index in [-0.39, 0.29) is 23.1 Å². The van der Waals surface area contributed by atoms with Crippen molar-refractivity contribution in [3.63, 3.8) is 0 Å². The summed E-state index contributed by atoms with van der Waals surface area (Å²) < 4.78 is 21.9. The van der Waals surface area contributed by atoms with Gasteiger partial charge in [-0.15, -0.1) is 0 Å². The van der Waals surface area contributed by atoms with Crippen LogP contribution in [0.4, 0.5) is 0 Å². The van der Waals surface area contributed by atoms with Gasteiger partial charge in [0.15, 0.2) is 15.2 Å². The summed E-state index contributed by atoms with van der Waals surface area (Å²) in [6.45, 7) is 0. The topological polar surface area (TPSA) is 133 Å². The largest absolute Gasteiger partial charge is 2.00 e. The van der Waals surface area contributed by atoms with Crippen LogP contribution in [0.3, 0.4) is 0 Å². The van der Waals surface area contributed by atoms with Crippen molar-refractivity contribution in [1.29, 1.82) is 0 Å². The van der Waals surface area contributed by atoms with E-state index in [1.54, 1.807) is 0 Å². The standard InChI is InChI=1S/C8H19NO6P2.Mn/c10-16(11,12)8(17(13,14)15)9-7-5-3-1-2-4-6-7;/h7-9H,1-6H2,(H2,10,11,12)(H2,13,14,15);/q;+2/p-2. The molecule has 0 amide bonds. The van der Waals surface area contributed by atoms with Crippen molar-refractivity contribution in [2.75, 3.05) is 0 Å². The Morgan fingerprint density at radius 1 is 1.00 bits per heavy atom. The van der Waals surface area contributed by atoms with Gasteiger partial charge in [0.25, 0.3) is 0 Å². The Morgan fingerprint density at radius 2 is 1.39 bits per heavy atom. The molecule has 0 aliphatic heterocycles. The van der Waals surface area contributed by atoms with E-state index in [9.17, 15) is 18.9 Å². The zero-order valence-corrected chi connectivity index (χ0v) is 12.7. The first kappa shape index (κ1) is 18.8. The van der Waals surface area contributed by atoms with Crippen molar-refractivity contribution < 1.29 is 45.8 Å². The Morgan fingerprint density at radius 3 is 1.72 bits per heavy atom. The van der Waals surface area contributed by atoms with Gasteiger partial charge in [0.05, 0.1) is 0 Å². The second kappa shape index (κ2) is 7.53. The molecule has 1 fully saturated rings. The van der Waals surface area contributed by atoms with E-state index in [2.05, 4.69) is 5.32 Å². The average Bonchev–Trinajstić information content (AvgIpc) is 2.38. The van der Waals surface area contributed by atoms with Gasteiger partial charge in [0, 0.05) is 6.04 Å². The molecule has 10 heteroatoms. The molecule has 0 aromatic carbocycles. The Bertz CT molecular complexity index is 312. The molecule has 1 saturated carbocycles. The van der Waals surface area contributed by atoms with Gasteiger partial charge in [-0.05, 0) is 12.8 Å². The van der Waals surface area contributed by atoms with Crippen LogP contribution in [-0.2, 0) is 26.2 Å². The SMILES string of the molecule is O=P([O-])(O)C(NC1CCCCCC1)P(=O)([O-])O.[Mn+2]. The fourth-order valence-corrected chi connectivity index (χ4v) is 4.30. The number of hydrogen-bond acceptors (Lipinski definition) is 5. The van der Waals surface area contributed by atoms with Crippen LogP contribution in [0, 0.1) is 0 Å². The maximum absolute atomic E-state index is 10.9. The molecule has 0 spiro atoms. The van der Waals surface area contributed by atoms with Gasteiger partial charge in [-0.2, -0.15) is 0 Å². The van der Waals surface area contributed by atoms with E-state index in [4.69, 9.17) is 9.79 Å². The molecule has 1 rings (SSSR count). The number of nitrogens with one attached hydrogen (secondary N) is 1. The molecule has 18 heavy (non-hydrogen) atoms. The second-order valence-corrected chi connectivity index (χ2v) is 8.05. The molecule has 1 aliphatic carbocycles. The van der Waals surface area contributed by atoms with Crippen LogP contribution < -0.4 is 15.1 Å². The fraction of sp³-hybridized carbons (Fsp3) is 1.00. The van der Waals surface area contributed by atoms with Crippen molar-refractivity contribution >= 4 is 15.2 Å². The third-order valence-electron chi connectivity index (χ3n) is 2.86. The molecule has 0 saturated heterocycles.